The smallest absolute Gasteiger partial charge is 0.255 e. The molecule has 0 aromatic heterocycles. The van der Waals surface area contributed by atoms with Crippen molar-refractivity contribution in [3.05, 3.63) is 0 Å². The van der Waals surface area contributed by atoms with Crippen molar-refractivity contribution in [3.8, 4) is 0 Å². The van der Waals surface area contributed by atoms with Gasteiger partial charge in [-0.15, -0.1) is 0 Å². The second-order valence-electron chi connectivity index (χ2n) is 4.24. The molecule has 5 heteroatoms. The molecular weight excluding hydrogens is 226 g/mol. The van der Waals surface area contributed by atoms with E-state index in [-0.39, 0.29) is 24.9 Å². The van der Waals surface area contributed by atoms with Crippen molar-refractivity contribution in [2.75, 3.05) is 19.6 Å². The van der Waals surface area contributed by atoms with Crippen molar-refractivity contribution in [2.45, 2.75) is 46.0 Å². The van der Waals surface area contributed by atoms with Crippen LogP contribution >= 0.6 is 0 Å². The van der Waals surface area contributed by atoms with E-state index < -0.39 is 13.0 Å². The minimum Gasteiger partial charge on any atom is -0.335 e. The summed E-state index contributed by atoms with van der Waals surface area (Å²) in [5.74, 6) is -0.297. The van der Waals surface area contributed by atoms with E-state index in [1.807, 2.05) is 13.8 Å². The maximum absolute atomic E-state index is 12.4. The van der Waals surface area contributed by atoms with Gasteiger partial charge in [0.05, 0.1) is 6.54 Å². The molecule has 17 heavy (non-hydrogen) atoms. The Morgan fingerprint density at radius 2 is 1.76 bits per heavy atom. The fraction of sp³-hybridized carbons (Fsp3) is 0.917. The lowest BCUT2D eigenvalue weighted by Gasteiger charge is -2.26. The highest BCUT2D eigenvalue weighted by Crippen LogP contribution is 2.17. The summed E-state index contributed by atoms with van der Waals surface area (Å²) in [6, 6.07) is 0. The normalized spacial score (nSPS) is 11.2. The zero-order valence-electron chi connectivity index (χ0n) is 10.8. The second-order valence-corrected chi connectivity index (χ2v) is 4.24. The molecule has 0 aromatic carbocycles. The SMILES string of the molecule is CCCC(CCC)C(=O)N(CCN)CC(F)F. The van der Waals surface area contributed by atoms with Gasteiger partial charge in [-0.1, -0.05) is 26.7 Å². The predicted octanol–water partition coefficient (Wildman–Crippen LogP) is 2.26. The van der Waals surface area contributed by atoms with Crippen molar-refractivity contribution in [1.82, 2.24) is 4.90 Å². The van der Waals surface area contributed by atoms with E-state index >= 15 is 0 Å². The second kappa shape index (κ2) is 9.33. The summed E-state index contributed by atoms with van der Waals surface area (Å²) in [7, 11) is 0. The van der Waals surface area contributed by atoms with Crippen molar-refractivity contribution < 1.29 is 13.6 Å². The average Bonchev–Trinajstić information content (AvgIpc) is 2.27. The molecule has 0 saturated heterocycles. The van der Waals surface area contributed by atoms with Crippen molar-refractivity contribution in [1.29, 1.82) is 0 Å². The molecule has 0 heterocycles. The van der Waals surface area contributed by atoms with Crippen LogP contribution in [0.3, 0.4) is 0 Å². The summed E-state index contributed by atoms with van der Waals surface area (Å²) >= 11 is 0. The van der Waals surface area contributed by atoms with Crippen LogP contribution < -0.4 is 5.73 Å². The molecule has 0 radical (unpaired) electrons. The molecular formula is C12H24F2N2O. The van der Waals surface area contributed by atoms with Gasteiger partial charge in [-0.25, -0.2) is 8.78 Å². The fourth-order valence-electron chi connectivity index (χ4n) is 1.96. The Morgan fingerprint density at radius 1 is 1.24 bits per heavy atom. The Hall–Kier alpha value is -0.710. The third-order valence-corrected chi connectivity index (χ3v) is 2.69. The highest BCUT2D eigenvalue weighted by Gasteiger charge is 2.24. The third kappa shape index (κ3) is 6.56. The molecule has 102 valence electrons. The third-order valence-electron chi connectivity index (χ3n) is 2.69. The Bertz CT molecular complexity index is 207. The Morgan fingerprint density at radius 3 is 2.12 bits per heavy atom. The minimum atomic E-state index is -2.49. The van der Waals surface area contributed by atoms with Crippen LogP contribution in [0.1, 0.15) is 39.5 Å². The number of nitrogens with two attached hydrogens (primary N) is 1. The number of hydrogen-bond acceptors (Lipinski definition) is 2. The zero-order chi connectivity index (χ0) is 13.3. The van der Waals surface area contributed by atoms with Gasteiger partial charge >= 0.3 is 0 Å². The minimum absolute atomic E-state index is 0.129. The van der Waals surface area contributed by atoms with Gasteiger partial charge in [0.2, 0.25) is 5.91 Å². The molecule has 0 atom stereocenters. The van der Waals surface area contributed by atoms with Gasteiger partial charge in [-0.2, -0.15) is 0 Å². The number of nitrogens with zero attached hydrogens (tertiary/aromatic N) is 1. The summed E-state index contributed by atoms with van der Waals surface area (Å²) < 4.78 is 24.7. The molecule has 0 spiro atoms. The number of carbonyl (C=O) groups excluding carboxylic acids is 1. The lowest BCUT2D eigenvalue weighted by molar-refractivity contribution is -0.137. The quantitative estimate of drug-likeness (QED) is 0.682. The molecule has 0 bridgehead atoms. The molecule has 0 fully saturated rings. The highest BCUT2D eigenvalue weighted by molar-refractivity contribution is 5.78. The van der Waals surface area contributed by atoms with Crippen LogP contribution in [0.4, 0.5) is 8.78 Å². The fourth-order valence-corrected chi connectivity index (χ4v) is 1.96. The molecule has 2 N–H and O–H groups in total. The van der Waals surface area contributed by atoms with E-state index in [1.54, 1.807) is 0 Å². The molecule has 0 aliphatic rings. The van der Waals surface area contributed by atoms with Crippen LogP contribution in [0.25, 0.3) is 0 Å². The predicted molar refractivity (Wildman–Crippen MR) is 64.9 cm³/mol. The van der Waals surface area contributed by atoms with E-state index in [9.17, 15) is 13.6 Å². The van der Waals surface area contributed by atoms with Gasteiger partial charge in [0, 0.05) is 19.0 Å². The number of carbonyl (C=O) groups is 1. The first-order valence-corrected chi connectivity index (χ1v) is 6.33. The molecule has 0 aliphatic carbocycles. The van der Waals surface area contributed by atoms with Crippen molar-refractivity contribution in [2.24, 2.45) is 11.7 Å². The first-order valence-electron chi connectivity index (χ1n) is 6.33. The first-order chi connectivity index (χ1) is 8.06. The van der Waals surface area contributed by atoms with Gasteiger partial charge in [0.1, 0.15) is 0 Å². The molecule has 0 aliphatic heterocycles. The van der Waals surface area contributed by atoms with Crippen LogP contribution in [0, 0.1) is 5.92 Å². The van der Waals surface area contributed by atoms with Gasteiger partial charge < -0.3 is 10.6 Å². The van der Waals surface area contributed by atoms with Gasteiger partial charge in [0.15, 0.2) is 0 Å². The molecule has 0 rings (SSSR count). The summed E-state index contributed by atoms with van der Waals surface area (Å²) in [6.07, 6.45) is 0.811. The Kier molecular flexibility index (Phi) is 8.94. The first kappa shape index (κ1) is 16.3. The Balaban J connectivity index is 4.51. The van der Waals surface area contributed by atoms with Crippen LogP contribution in [0.5, 0.6) is 0 Å². The summed E-state index contributed by atoms with van der Waals surface area (Å²) in [5, 5.41) is 0. The average molecular weight is 250 g/mol. The maximum atomic E-state index is 12.4. The van der Waals surface area contributed by atoms with Gasteiger partial charge in [-0.3, -0.25) is 4.79 Å². The summed E-state index contributed by atoms with van der Waals surface area (Å²) in [4.78, 5) is 13.3. The highest BCUT2D eigenvalue weighted by atomic mass is 19.3. The van der Waals surface area contributed by atoms with Crippen LogP contribution in [0.2, 0.25) is 0 Å². The van der Waals surface area contributed by atoms with E-state index in [1.165, 1.54) is 4.90 Å². The monoisotopic (exact) mass is 250 g/mol. The maximum Gasteiger partial charge on any atom is 0.255 e. The van der Waals surface area contributed by atoms with Crippen molar-refractivity contribution in [3.63, 3.8) is 0 Å². The Labute approximate surface area is 102 Å². The van der Waals surface area contributed by atoms with Crippen molar-refractivity contribution >= 4 is 5.91 Å². The molecule has 0 saturated carbocycles. The van der Waals surface area contributed by atoms with E-state index in [2.05, 4.69) is 0 Å². The number of halogens is 2. The van der Waals surface area contributed by atoms with Crippen LogP contribution in [0.15, 0.2) is 0 Å². The number of hydrogen-bond donors (Lipinski definition) is 1. The van der Waals surface area contributed by atoms with Crippen LogP contribution in [-0.2, 0) is 4.79 Å². The van der Waals surface area contributed by atoms with Gasteiger partial charge in [0.25, 0.3) is 6.43 Å². The molecule has 1 amide bonds. The molecule has 0 aromatic rings. The number of rotatable bonds is 9. The van der Waals surface area contributed by atoms with Gasteiger partial charge in [-0.05, 0) is 12.8 Å². The number of amides is 1. The van der Waals surface area contributed by atoms with E-state index in [0.29, 0.717) is 0 Å². The zero-order valence-corrected chi connectivity index (χ0v) is 10.8. The summed E-state index contributed by atoms with van der Waals surface area (Å²) in [6.45, 7) is 3.93. The molecule has 3 nitrogen and oxygen atoms in total. The molecule has 0 unspecified atom stereocenters. The standard InChI is InChI=1S/C12H24F2N2O/c1-3-5-10(6-4-2)12(17)16(8-7-15)9-11(13)14/h10-11H,3-9,15H2,1-2H3. The summed E-state index contributed by atoms with van der Waals surface area (Å²) in [5.41, 5.74) is 5.35. The van der Waals surface area contributed by atoms with E-state index in [0.717, 1.165) is 25.7 Å². The lowest BCUT2D eigenvalue weighted by atomic mass is 9.96. The largest absolute Gasteiger partial charge is 0.335 e. The topological polar surface area (TPSA) is 46.3 Å². The van der Waals surface area contributed by atoms with Crippen LogP contribution in [-0.4, -0.2) is 36.9 Å². The number of alkyl halides is 2. The van der Waals surface area contributed by atoms with E-state index in [4.69, 9.17) is 5.73 Å². The lowest BCUT2D eigenvalue weighted by Crippen LogP contribution is -2.42.